The molecule has 1 amide bonds. The zero-order chi connectivity index (χ0) is 18.8. The van der Waals surface area contributed by atoms with Gasteiger partial charge in [0, 0.05) is 12.0 Å². The summed E-state index contributed by atoms with van der Waals surface area (Å²) in [5.41, 5.74) is 0.168. The lowest BCUT2D eigenvalue weighted by molar-refractivity contribution is -0.119. The molecular weight excluding hydrogens is 384 g/mol. The monoisotopic (exact) mass is 410 g/mol. The van der Waals surface area contributed by atoms with E-state index in [0.717, 1.165) is 29.0 Å². The van der Waals surface area contributed by atoms with Crippen molar-refractivity contribution in [1.29, 1.82) is 0 Å². The third-order valence-electron chi connectivity index (χ3n) is 7.08. The number of sulfonamides is 1. The Bertz CT molecular complexity index is 830. The number of carbonyl (C=O) groups excluding carboxylic acids is 1. The van der Waals surface area contributed by atoms with Crippen LogP contribution in [-0.2, 0) is 20.2 Å². The van der Waals surface area contributed by atoms with E-state index in [-0.39, 0.29) is 11.3 Å². The van der Waals surface area contributed by atoms with Crippen LogP contribution in [0.3, 0.4) is 0 Å². The molecule has 27 heavy (non-hydrogen) atoms. The molecule has 9 heteroatoms. The molecule has 1 aromatic rings. The summed E-state index contributed by atoms with van der Waals surface area (Å²) in [7, 11) is -3.37. The average molecular weight is 411 g/mol. The van der Waals surface area contributed by atoms with Gasteiger partial charge in [-0.3, -0.25) is 10.1 Å². The van der Waals surface area contributed by atoms with E-state index in [1.807, 2.05) is 0 Å². The topological polar surface area (TPSA) is 92.3 Å². The Morgan fingerprint density at radius 2 is 1.78 bits per heavy atom. The zero-order valence-electron chi connectivity index (χ0n) is 15.6. The molecule has 2 heterocycles. The first-order chi connectivity index (χ1) is 12.8. The Kier molecular flexibility index (Phi) is 4.15. The van der Waals surface area contributed by atoms with Crippen LogP contribution in [0, 0.1) is 17.8 Å². The van der Waals surface area contributed by atoms with Crippen LogP contribution in [0.2, 0.25) is 0 Å². The largest absolute Gasteiger partial charge is 0.299 e. The number of hydrogen-bond donors (Lipinski definition) is 1. The van der Waals surface area contributed by atoms with Crippen LogP contribution in [0.4, 0.5) is 5.13 Å². The summed E-state index contributed by atoms with van der Waals surface area (Å²) in [6.45, 7) is 0.408. The minimum absolute atomic E-state index is 0.168. The maximum absolute atomic E-state index is 12.7. The summed E-state index contributed by atoms with van der Waals surface area (Å²) < 4.78 is 25.1. The van der Waals surface area contributed by atoms with Crippen molar-refractivity contribution in [2.45, 2.75) is 62.8 Å². The van der Waals surface area contributed by atoms with Gasteiger partial charge in [0.2, 0.25) is 21.1 Å². The Morgan fingerprint density at radius 3 is 2.37 bits per heavy atom. The van der Waals surface area contributed by atoms with E-state index in [1.165, 1.54) is 54.2 Å². The molecule has 1 unspecified atom stereocenters. The maximum Gasteiger partial charge on any atom is 0.244 e. The fourth-order valence-electron chi connectivity index (χ4n) is 6.45. The summed E-state index contributed by atoms with van der Waals surface area (Å²) in [5.74, 6) is 2.21. The molecule has 5 aliphatic rings. The number of rotatable bonds is 4. The number of amides is 1. The molecule has 1 saturated heterocycles. The van der Waals surface area contributed by atoms with E-state index >= 15 is 0 Å². The molecule has 5 fully saturated rings. The highest BCUT2D eigenvalue weighted by Gasteiger charge is 2.53. The summed E-state index contributed by atoms with van der Waals surface area (Å²) in [5, 5.41) is 13.1. The van der Waals surface area contributed by atoms with Gasteiger partial charge in [-0.25, -0.2) is 8.42 Å². The molecule has 1 aromatic heterocycles. The van der Waals surface area contributed by atoms with Crippen molar-refractivity contribution in [2.75, 3.05) is 18.1 Å². The van der Waals surface area contributed by atoms with Crippen molar-refractivity contribution in [3.05, 3.63) is 5.01 Å². The van der Waals surface area contributed by atoms with Crippen molar-refractivity contribution in [1.82, 2.24) is 14.5 Å². The summed E-state index contributed by atoms with van der Waals surface area (Å²) in [6, 6.07) is -0.633. The van der Waals surface area contributed by atoms with E-state index in [9.17, 15) is 13.2 Å². The second kappa shape index (κ2) is 6.22. The first-order valence-electron chi connectivity index (χ1n) is 9.94. The van der Waals surface area contributed by atoms with Gasteiger partial charge in [-0.2, -0.15) is 4.31 Å². The first kappa shape index (κ1) is 18.0. The van der Waals surface area contributed by atoms with Gasteiger partial charge in [-0.1, -0.05) is 11.3 Å². The highest BCUT2D eigenvalue weighted by atomic mass is 32.2. The first-order valence-corrected chi connectivity index (χ1v) is 12.6. The second-order valence-electron chi connectivity index (χ2n) is 9.13. The number of nitrogens with one attached hydrogen (secondary N) is 1. The predicted octanol–water partition coefficient (Wildman–Crippen LogP) is 2.37. The van der Waals surface area contributed by atoms with Crippen molar-refractivity contribution in [3.63, 3.8) is 0 Å². The van der Waals surface area contributed by atoms with Crippen molar-refractivity contribution >= 4 is 32.4 Å². The van der Waals surface area contributed by atoms with Crippen LogP contribution < -0.4 is 5.32 Å². The number of anilines is 1. The van der Waals surface area contributed by atoms with E-state index in [0.29, 0.717) is 24.5 Å². The molecule has 148 valence electrons. The lowest BCUT2D eigenvalue weighted by atomic mass is 9.50. The highest BCUT2D eigenvalue weighted by Crippen LogP contribution is 2.61. The van der Waals surface area contributed by atoms with Crippen molar-refractivity contribution in [3.8, 4) is 0 Å². The van der Waals surface area contributed by atoms with Gasteiger partial charge in [0.25, 0.3) is 0 Å². The van der Waals surface area contributed by atoms with Gasteiger partial charge in [0.1, 0.15) is 11.0 Å². The molecule has 7 nitrogen and oxygen atoms in total. The van der Waals surface area contributed by atoms with Gasteiger partial charge < -0.3 is 0 Å². The SMILES string of the molecule is CS(=O)(=O)N1CCCC1C(=O)Nc1nnc(C23CC4CC(CC(C4)C2)C3)s1. The normalized spacial score (nSPS) is 38.4. The predicted molar refractivity (Wildman–Crippen MR) is 103 cm³/mol. The molecular formula is C18H26N4O3S2. The lowest BCUT2D eigenvalue weighted by Gasteiger charge is -2.55. The fourth-order valence-corrected chi connectivity index (χ4v) is 8.54. The molecule has 1 N–H and O–H groups in total. The Morgan fingerprint density at radius 1 is 1.15 bits per heavy atom. The average Bonchev–Trinajstić information content (AvgIpc) is 3.22. The smallest absolute Gasteiger partial charge is 0.244 e. The molecule has 0 radical (unpaired) electrons. The quantitative estimate of drug-likeness (QED) is 0.823. The van der Waals surface area contributed by atoms with Crippen LogP contribution in [0.25, 0.3) is 0 Å². The Labute approximate surface area is 164 Å². The summed E-state index contributed by atoms with van der Waals surface area (Å²) >= 11 is 1.50. The van der Waals surface area contributed by atoms with Gasteiger partial charge in [0.15, 0.2) is 0 Å². The van der Waals surface area contributed by atoms with Gasteiger partial charge in [-0.15, -0.1) is 10.2 Å². The lowest BCUT2D eigenvalue weighted by Crippen LogP contribution is -2.48. The Hall–Kier alpha value is -1.06. The number of carbonyl (C=O) groups is 1. The minimum Gasteiger partial charge on any atom is -0.299 e. The molecule has 4 bridgehead atoms. The number of aromatic nitrogens is 2. The van der Waals surface area contributed by atoms with E-state index in [1.54, 1.807) is 0 Å². The molecule has 6 rings (SSSR count). The highest BCUT2D eigenvalue weighted by molar-refractivity contribution is 7.88. The van der Waals surface area contributed by atoms with Crippen LogP contribution in [0.15, 0.2) is 0 Å². The summed E-state index contributed by atoms with van der Waals surface area (Å²) in [6.07, 6.45) is 10.2. The molecule has 4 aliphatic carbocycles. The van der Waals surface area contributed by atoms with Crippen LogP contribution in [-0.4, -0.2) is 47.7 Å². The van der Waals surface area contributed by atoms with Crippen LogP contribution >= 0.6 is 11.3 Å². The van der Waals surface area contributed by atoms with E-state index in [4.69, 9.17) is 0 Å². The van der Waals surface area contributed by atoms with Gasteiger partial charge >= 0.3 is 0 Å². The maximum atomic E-state index is 12.7. The molecule has 0 aromatic carbocycles. The summed E-state index contributed by atoms with van der Waals surface area (Å²) in [4.78, 5) is 12.7. The zero-order valence-corrected chi connectivity index (χ0v) is 17.2. The van der Waals surface area contributed by atoms with Crippen LogP contribution in [0.5, 0.6) is 0 Å². The van der Waals surface area contributed by atoms with E-state index in [2.05, 4.69) is 15.5 Å². The fraction of sp³-hybridized carbons (Fsp3) is 0.833. The minimum atomic E-state index is -3.37. The standard InChI is InChI=1S/C18H26N4O3S2/c1-27(24,25)22-4-2-3-14(22)15(23)19-17-21-20-16(26-17)18-8-11-5-12(9-18)7-13(6-11)10-18/h11-14H,2-10H2,1H3,(H,19,21,23). The second-order valence-corrected chi connectivity index (χ2v) is 12.0. The third-order valence-corrected chi connectivity index (χ3v) is 9.45. The third kappa shape index (κ3) is 3.11. The van der Waals surface area contributed by atoms with Crippen LogP contribution in [0.1, 0.15) is 56.4 Å². The van der Waals surface area contributed by atoms with Gasteiger partial charge in [-0.05, 0) is 69.1 Å². The molecule has 0 spiro atoms. The number of nitrogens with zero attached hydrogens (tertiary/aromatic N) is 3. The number of hydrogen-bond acceptors (Lipinski definition) is 6. The molecule has 1 atom stereocenters. The molecule has 4 saturated carbocycles. The van der Waals surface area contributed by atoms with Crippen molar-refractivity contribution in [2.24, 2.45) is 17.8 Å². The molecule has 1 aliphatic heterocycles. The van der Waals surface area contributed by atoms with Gasteiger partial charge in [0.05, 0.1) is 6.26 Å². The van der Waals surface area contributed by atoms with E-state index < -0.39 is 16.1 Å². The van der Waals surface area contributed by atoms with Crippen molar-refractivity contribution < 1.29 is 13.2 Å². The Balaban J connectivity index is 1.32.